The zero-order valence-electron chi connectivity index (χ0n) is 14.9. The molecule has 2 aliphatic heterocycles. The van der Waals surface area contributed by atoms with Gasteiger partial charge in [0.1, 0.15) is 5.37 Å². The van der Waals surface area contributed by atoms with Crippen LogP contribution in [-0.4, -0.2) is 74.6 Å². The lowest BCUT2D eigenvalue weighted by Crippen LogP contribution is -2.42. The molecule has 0 radical (unpaired) electrons. The number of thioether (sulfide) groups is 1. The first-order valence-electron chi connectivity index (χ1n) is 8.75. The second-order valence-electron chi connectivity index (χ2n) is 6.05. The van der Waals surface area contributed by atoms with Crippen LogP contribution in [0.4, 0.5) is 0 Å². The molecule has 2 fully saturated rings. The summed E-state index contributed by atoms with van der Waals surface area (Å²) in [7, 11) is 1.64. The monoisotopic (exact) mass is 366 g/mol. The Morgan fingerprint density at radius 3 is 2.76 bits per heavy atom. The van der Waals surface area contributed by atoms with E-state index in [4.69, 9.17) is 14.2 Å². The summed E-state index contributed by atoms with van der Waals surface area (Å²) in [6, 6.07) is 5.95. The predicted octanol–water partition coefficient (Wildman–Crippen LogP) is 2.00. The first kappa shape index (κ1) is 18.4. The molecular formula is C18H26N2O4S. The fraction of sp³-hybridized carbons (Fsp3) is 0.611. The van der Waals surface area contributed by atoms with Gasteiger partial charge in [0.2, 0.25) is 5.91 Å². The van der Waals surface area contributed by atoms with Crippen molar-refractivity contribution in [3.63, 3.8) is 0 Å². The number of morpholine rings is 1. The van der Waals surface area contributed by atoms with Crippen molar-refractivity contribution in [2.45, 2.75) is 12.3 Å². The van der Waals surface area contributed by atoms with E-state index in [1.165, 1.54) is 0 Å². The summed E-state index contributed by atoms with van der Waals surface area (Å²) in [6.07, 6.45) is 0. The van der Waals surface area contributed by atoms with Crippen molar-refractivity contribution < 1.29 is 19.0 Å². The van der Waals surface area contributed by atoms with Crippen LogP contribution in [0.2, 0.25) is 0 Å². The molecule has 2 heterocycles. The van der Waals surface area contributed by atoms with E-state index in [9.17, 15) is 4.79 Å². The maximum absolute atomic E-state index is 12.4. The molecule has 2 saturated heterocycles. The normalized spacial score (nSPS) is 21.6. The van der Waals surface area contributed by atoms with E-state index >= 15 is 0 Å². The molecule has 1 aromatic carbocycles. The number of rotatable bonds is 7. The number of nitrogens with zero attached hydrogens (tertiary/aromatic N) is 2. The van der Waals surface area contributed by atoms with Crippen LogP contribution in [0.5, 0.6) is 11.5 Å². The van der Waals surface area contributed by atoms with Crippen LogP contribution in [0.1, 0.15) is 17.9 Å². The maximum atomic E-state index is 12.4. The lowest BCUT2D eigenvalue weighted by Gasteiger charge is -2.30. The van der Waals surface area contributed by atoms with Gasteiger partial charge in [0.05, 0.1) is 32.7 Å². The summed E-state index contributed by atoms with van der Waals surface area (Å²) in [5.41, 5.74) is 1.09. The topological polar surface area (TPSA) is 51.2 Å². The largest absolute Gasteiger partial charge is 0.493 e. The van der Waals surface area contributed by atoms with Gasteiger partial charge in [-0.05, 0) is 24.6 Å². The molecule has 2 aliphatic rings. The Hall–Kier alpha value is -1.44. The Balaban J connectivity index is 1.70. The van der Waals surface area contributed by atoms with Gasteiger partial charge in [0, 0.05) is 26.2 Å². The third kappa shape index (κ3) is 4.40. The van der Waals surface area contributed by atoms with Crippen molar-refractivity contribution in [2.75, 3.05) is 58.9 Å². The molecular weight excluding hydrogens is 340 g/mol. The molecule has 25 heavy (non-hydrogen) atoms. The van der Waals surface area contributed by atoms with Crippen LogP contribution in [0.3, 0.4) is 0 Å². The molecule has 0 aliphatic carbocycles. The third-order valence-corrected chi connectivity index (χ3v) is 5.76. The lowest BCUT2D eigenvalue weighted by atomic mass is 10.1. The van der Waals surface area contributed by atoms with E-state index in [2.05, 4.69) is 4.90 Å². The fourth-order valence-corrected chi connectivity index (χ4v) is 4.37. The van der Waals surface area contributed by atoms with E-state index in [0.29, 0.717) is 12.4 Å². The van der Waals surface area contributed by atoms with Crippen LogP contribution >= 0.6 is 11.8 Å². The molecule has 0 saturated carbocycles. The predicted molar refractivity (Wildman–Crippen MR) is 98.3 cm³/mol. The summed E-state index contributed by atoms with van der Waals surface area (Å²) in [5, 5.41) is 0.0404. The van der Waals surface area contributed by atoms with Crippen LogP contribution < -0.4 is 9.47 Å². The zero-order chi connectivity index (χ0) is 17.6. The maximum Gasteiger partial charge on any atom is 0.233 e. The average Bonchev–Trinajstić information content (AvgIpc) is 3.01. The highest BCUT2D eigenvalue weighted by Gasteiger charge is 2.33. The summed E-state index contributed by atoms with van der Waals surface area (Å²) < 4.78 is 16.4. The minimum atomic E-state index is 0.0404. The first-order valence-corrected chi connectivity index (χ1v) is 9.79. The zero-order valence-corrected chi connectivity index (χ0v) is 15.7. The standard InChI is InChI=1S/C18H26N2O4S/c1-3-24-16-12-14(4-5-15(16)22-2)18-20(17(21)13-25-18)7-6-19-8-10-23-11-9-19/h4-5,12,18H,3,6-11,13H2,1-2H3. The van der Waals surface area contributed by atoms with Gasteiger partial charge < -0.3 is 19.1 Å². The number of carbonyl (C=O) groups is 1. The number of amides is 1. The number of carbonyl (C=O) groups excluding carboxylic acids is 1. The summed E-state index contributed by atoms with van der Waals surface area (Å²) in [6.45, 7) is 7.61. The van der Waals surface area contributed by atoms with Crippen molar-refractivity contribution in [3.8, 4) is 11.5 Å². The highest BCUT2D eigenvalue weighted by Crippen LogP contribution is 2.41. The van der Waals surface area contributed by atoms with Crippen molar-refractivity contribution in [1.82, 2.24) is 9.80 Å². The van der Waals surface area contributed by atoms with Gasteiger partial charge in [-0.3, -0.25) is 9.69 Å². The fourth-order valence-electron chi connectivity index (χ4n) is 3.16. The molecule has 1 amide bonds. The molecule has 1 aromatic rings. The van der Waals surface area contributed by atoms with Gasteiger partial charge in [0.15, 0.2) is 11.5 Å². The molecule has 7 heteroatoms. The van der Waals surface area contributed by atoms with E-state index in [1.807, 2.05) is 30.0 Å². The molecule has 0 aromatic heterocycles. The highest BCUT2D eigenvalue weighted by molar-refractivity contribution is 8.00. The third-order valence-electron chi connectivity index (χ3n) is 4.50. The van der Waals surface area contributed by atoms with E-state index in [0.717, 1.165) is 56.5 Å². The number of hydrogen-bond donors (Lipinski definition) is 0. The van der Waals surface area contributed by atoms with Gasteiger partial charge in [0.25, 0.3) is 0 Å². The number of methoxy groups -OCH3 is 1. The summed E-state index contributed by atoms with van der Waals surface area (Å²) >= 11 is 1.68. The van der Waals surface area contributed by atoms with Gasteiger partial charge in [-0.2, -0.15) is 0 Å². The number of benzene rings is 1. The van der Waals surface area contributed by atoms with Crippen molar-refractivity contribution in [1.29, 1.82) is 0 Å². The van der Waals surface area contributed by atoms with Crippen LogP contribution in [0.25, 0.3) is 0 Å². The van der Waals surface area contributed by atoms with Crippen LogP contribution in [-0.2, 0) is 9.53 Å². The lowest BCUT2D eigenvalue weighted by molar-refractivity contribution is -0.128. The molecule has 0 N–H and O–H groups in total. The van der Waals surface area contributed by atoms with Gasteiger partial charge in [-0.15, -0.1) is 11.8 Å². The quantitative estimate of drug-likeness (QED) is 0.736. The molecule has 6 nitrogen and oxygen atoms in total. The Kier molecular flexibility index (Phi) is 6.45. The van der Waals surface area contributed by atoms with E-state index in [-0.39, 0.29) is 11.3 Å². The first-order chi connectivity index (χ1) is 12.2. The molecule has 3 rings (SSSR count). The minimum absolute atomic E-state index is 0.0404. The van der Waals surface area contributed by atoms with Crippen molar-refractivity contribution >= 4 is 17.7 Å². The van der Waals surface area contributed by atoms with Crippen LogP contribution in [0.15, 0.2) is 18.2 Å². The van der Waals surface area contributed by atoms with Gasteiger partial charge in [-0.25, -0.2) is 0 Å². The number of hydrogen-bond acceptors (Lipinski definition) is 6. The molecule has 0 bridgehead atoms. The van der Waals surface area contributed by atoms with Crippen molar-refractivity contribution in [3.05, 3.63) is 23.8 Å². The Morgan fingerprint density at radius 1 is 1.24 bits per heavy atom. The summed E-state index contributed by atoms with van der Waals surface area (Å²) in [4.78, 5) is 16.7. The van der Waals surface area contributed by atoms with E-state index in [1.54, 1.807) is 18.9 Å². The molecule has 0 spiro atoms. The van der Waals surface area contributed by atoms with E-state index < -0.39 is 0 Å². The second kappa shape index (κ2) is 8.78. The van der Waals surface area contributed by atoms with Gasteiger partial charge in [-0.1, -0.05) is 6.07 Å². The Labute approximate surface area is 153 Å². The number of ether oxygens (including phenoxy) is 3. The van der Waals surface area contributed by atoms with Crippen LogP contribution in [0, 0.1) is 0 Å². The highest BCUT2D eigenvalue weighted by atomic mass is 32.2. The molecule has 138 valence electrons. The molecule has 1 atom stereocenters. The van der Waals surface area contributed by atoms with Gasteiger partial charge >= 0.3 is 0 Å². The Morgan fingerprint density at radius 2 is 2.04 bits per heavy atom. The second-order valence-corrected chi connectivity index (χ2v) is 7.12. The SMILES string of the molecule is CCOc1cc(C2SCC(=O)N2CCN2CCOCC2)ccc1OC. The average molecular weight is 366 g/mol. The minimum Gasteiger partial charge on any atom is -0.493 e. The summed E-state index contributed by atoms with van der Waals surface area (Å²) in [5.74, 6) is 2.19. The molecule has 1 unspecified atom stereocenters. The Bertz CT molecular complexity index is 592. The smallest absolute Gasteiger partial charge is 0.233 e. The van der Waals surface area contributed by atoms with Crippen molar-refractivity contribution in [2.24, 2.45) is 0 Å².